The van der Waals surface area contributed by atoms with Crippen LogP contribution in [-0.2, 0) is 32.2 Å². The summed E-state index contributed by atoms with van der Waals surface area (Å²) in [5, 5.41) is 9.51. The quantitative estimate of drug-likeness (QED) is 0.390. The number of aryl methyl sites for hydroxylation is 1. The van der Waals surface area contributed by atoms with Crippen molar-refractivity contribution in [2.24, 2.45) is 0 Å². The molecule has 0 saturated carbocycles. The fraction of sp³-hybridized carbons (Fsp3) is 0.391. The summed E-state index contributed by atoms with van der Waals surface area (Å²) in [4.78, 5) is 26.1. The second-order valence-corrected chi connectivity index (χ2v) is 11.0. The van der Waals surface area contributed by atoms with Crippen LogP contribution in [0.2, 0.25) is 0 Å². The maximum absolute atomic E-state index is 12.9. The second-order valence-electron chi connectivity index (χ2n) is 8.00. The molecular formula is C23H25N3O9S2. The van der Waals surface area contributed by atoms with E-state index in [1.54, 1.807) is 0 Å². The largest absolute Gasteiger partial charge is 0.493 e. The van der Waals surface area contributed by atoms with Crippen LogP contribution in [0.4, 0.5) is 5.00 Å². The van der Waals surface area contributed by atoms with Crippen LogP contribution >= 0.6 is 11.3 Å². The van der Waals surface area contributed by atoms with E-state index in [1.807, 2.05) is 0 Å². The zero-order valence-corrected chi connectivity index (χ0v) is 22.2. The van der Waals surface area contributed by atoms with Gasteiger partial charge in [-0.1, -0.05) is 5.10 Å². The first-order chi connectivity index (χ1) is 17.7. The third-order valence-corrected chi connectivity index (χ3v) is 8.27. The number of anilines is 1. The molecule has 0 aliphatic heterocycles. The van der Waals surface area contributed by atoms with E-state index in [1.165, 1.54) is 51.9 Å². The summed E-state index contributed by atoms with van der Waals surface area (Å²) >= 11 is 1.25. The van der Waals surface area contributed by atoms with Crippen LogP contribution in [-0.4, -0.2) is 64.7 Å². The Bertz CT molecular complexity index is 1420. The Labute approximate surface area is 216 Å². The van der Waals surface area contributed by atoms with Gasteiger partial charge >= 0.3 is 11.2 Å². The van der Waals surface area contributed by atoms with Gasteiger partial charge in [0, 0.05) is 10.4 Å². The van der Waals surface area contributed by atoms with E-state index in [0.717, 1.165) is 29.7 Å². The maximum atomic E-state index is 12.9. The molecule has 1 aliphatic carbocycles. The fourth-order valence-electron chi connectivity index (χ4n) is 4.03. The number of amides is 1. The summed E-state index contributed by atoms with van der Waals surface area (Å²) in [6.07, 6.45) is 3.36. The smallest absolute Gasteiger partial charge is 0.341 e. The number of esters is 1. The highest BCUT2D eigenvalue weighted by atomic mass is 32.2. The number of aromatic nitrogens is 2. The summed E-state index contributed by atoms with van der Waals surface area (Å²) < 4.78 is 51.9. The van der Waals surface area contributed by atoms with Crippen molar-refractivity contribution >= 4 is 38.1 Å². The molecule has 0 bridgehead atoms. The number of benzene rings is 1. The van der Waals surface area contributed by atoms with Crippen LogP contribution < -0.4 is 19.5 Å². The minimum absolute atomic E-state index is 0.128. The Kier molecular flexibility index (Phi) is 7.68. The summed E-state index contributed by atoms with van der Waals surface area (Å²) in [7, 11) is 1.26. The molecule has 1 N–H and O–H groups in total. The number of hydrogen-bond acceptors (Lipinski definition) is 12. The van der Waals surface area contributed by atoms with E-state index >= 15 is 0 Å². The Morgan fingerprint density at radius 2 is 1.70 bits per heavy atom. The Balaban J connectivity index is 1.56. The van der Waals surface area contributed by atoms with Crippen molar-refractivity contribution in [3.8, 4) is 28.7 Å². The van der Waals surface area contributed by atoms with Crippen molar-refractivity contribution < 1.29 is 41.4 Å². The maximum Gasteiger partial charge on any atom is 0.341 e. The van der Waals surface area contributed by atoms with Crippen LogP contribution in [0.5, 0.6) is 17.2 Å². The van der Waals surface area contributed by atoms with Gasteiger partial charge in [-0.25, -0.2) is 13.2 Å². The molecule has 2 heterocycles. The minimum atomic E-state index is -4.30. The normalized spacial score (nSPS) is 13.0. The van der Waals surface area contributed by atoms with Crippen molar-refractivity contribution in [1.82, 2.24) is 10.2 Å². The van der Waals surface area contributed by atoms with Crippen molar-refractivity contribution in [1.29, 1.82) is 0 Å². The summed E-state index contributed by atoms with van der Waals surface area (Å²) in [5.41, 5.74) is 1.43. The summed E-state index contributed by atoms with van der Waals surface area (Å²) in [6, 6.07) is 3.04. The first kappa shape index (κ1) is 26.4. The van der Waals surface area contributed by atoms with Gasteiger partial charge in [-0.15, -0.1) is 16.4 Å². The lowest BCUT2D eigenvalue weighted by atomic mass is 9.95. The zero-order chi connectivity index (χ0) is 26.7. The SMILES string of the molecule is COC(=O)c1c(NC(=O)CS(=O)(=O)c2nnc(-c3cc(OC)c(OC)c(OC)c3)o2)sc2c1CCCC2. The molecule has 1 aromatic carbocycles. The lowest BCUT2D eigenvalue weighted by molar-refractivity contribution is -0.113. The van der Waals surface area contributed by atoms with Crippen LogP contribution in [0.25, 0.3) is 11.5 Å². The number of carbonyl (C=O) groups excluding carboxylic acids is 2. The summed E-state index contributed by atoms with van der Waals surface area (Å²) in [5.74, 6) is -1.58. The average Bonchev–Trinajstić information content (AvgIpc) is 3.52. The highest BCUT2D eigenvalue weighted by molar-refractivity contribution is 7.91. The number of thiophene rings is 1. The molecule has 1 amide bonds. The molecule has 3 aromatic rings. The van der Waals surface area contributed by atoms with Crippen molar-refractivity contribution in [3.63, 3.8) is 0 Å². The van der Waals surface area contributed by atoms with Gasteiger partial charge in [0.05, 0.1) is 34.0 Å². The van der Waals surface area contributed by atoms with Gasteiger partial charge in [0.25, 0.3) is 0 Å². The number of fused-ring (bicyclic) bond motifs is 1. The molecule has 14 heteroatoms. The van der Waals surface area contributed by atoms with Gasteiger partial charge in [0.1, 0.15) is 10.8 Å². The standard InChI is InChI=1S/C23H25N3O9S2/c1-31-14-9-12(10-15(32-2)19(14)33-3)20-25-26-23(35-20)37(29,30)11-17(27)24-21-18(22(28)34-4)13-7-5-6-8-16(13)36-21/h9-10H,5-8,11H2,1-4H3,(H,24,27). The molecule has 0 radical (unpaired) electrons. The van der Waals surface area contributed by atoms with E-state index in [4.69, 9.17) is 23.4 Å². The molecule has 12 nitrogen and oxygen atoms in total. The predicted molar refractivity (Wildman–Crippen MR) is 132 cm³/mol. The molecule has 0 spiro atoms. The molecule has 1 aliphatic rings. The molecule has 198 valence electrons. The lowest BCUT2D eigenvalue weighted by Crippen LogP contribution is -2.24. The monoisotopic (exact) mass is 551 g/mol. The van der Waals surface area contributed by atoms with Crippen LogP contribution in [0, 0.1) is 0 Å². The van der Waals surface area contributed by atoms with Gasteiger partial charge < -0.3 is 28.7 Å². The van der Waals surface area contributed by atoms with Gasteiger partial charge in [-0.2, -0.15) is 0 Å². The predicted octanol–water partition coefficient (Wildman–Crippen LogP) is 2.90. The van der Waals surface area contributed by atoms with Crippen LogP contribution in [0.1, 0.15) is 33.6 Å². The average molecular weight is 552 g/mol. The molecular weight excluding hydrogens is 526 g/mol. The Morgan fingerprint density at radius 1 is 1.03 bits per heavy atom. The van der Waals surface area contributed by atoms with Gasteiger partial charge in [0.15, 0.2) is 11.5 Å². The Hall–Kier alpha value is -3.65. The van der Waals surface area contributed by atoms with Crippen LogP contribution in [0.3, 0.4) is 0 Å². The first-order valence-corrected chi connectivity index (χ1v) is 13.6. The topological polar surface area (TPSA) is 156 Å². The number of rotatable bonds is 9. The molecule has 0 saturated heterocycles. The third-order valence-electron chi connectivity index (χ3n) is 5.72. The van der Waals surface area contributed by atoms with Crippen LogP contribution in [0.15, 0.2) is 21.8 Å². The third kappa shape index (κ3) is 5.25. The molecule has 4 rings (SSSR count). The number of sulfone groups is 1. The summed E-state index contributed by atoms with van der Waals surface area (Å²) in [6.45, 7) is 0. The van der Waals surface area contributed by atoms with Crippen molar-refractivity contribution in [2.45, 2.75) is 30.9 Å². The van der Waals surface area contributed by atoms with E-state index in [0.29, 0.717) is 29.2 Å². The van der Waals surface area contributed by atoms with Crippen molar-refractivity contribution in [2.75, 3.05) is 39.5 Å². The molecule has 2 aromatic heterocycles. The van der Waals surface area contributed by atoms with Gasteiger partial charge in [0.2, 0.25) is 27.4 Å². The number of nitrogens with zero attached hydrogens (tertiary/aromatic N) is 2. The zero-order valence-electron chi connectivity index (χ0n) is 20.6. The number of ether oxygens (including phenoxy) is 4. The highest BCUT2D eigenvalue weighted by Crippen LogP contribution is 2.41. The van der Waals surface area contributed by atoms with Crippen molar-refractivity contribution in [3.05, 3.63) is 28.1 Å². The number of carbonyl (C=O) groups is 2. The first-order valence-electron chi connectivity index (χ1n) is 11.1. The second kappa shape index (κ2) is 10.8. The van der Waals surface area contributed by atoms with E-state index < -0.39 is 32.7 Å². The molecule has 37 heavy (non-hydrogen) atoms. The van der Waals surface area contributed by atoms with E-state index in [9.17, 15) is 18.0 Å². The number of methoxy groups -OCH3 is 4. The number of hydrogen-bond donors (Lipinski definition) is 1. The lowest BCUT2D eigenvalue weighted by Gasteiger charge is -2.12. The van der Waals surface area contributed by atoms with E-state index in [-0.39, 0.29) is 16.5 Å². The highest BCUT2D eigenvalue weighted by Gasteiger charge is 2.30. The van der Waals surface area contributed by atoms with Gasteiger partial charge in [-0.05, 0) is 43.4 Å². The Morgan fingerprint density at radius 3 is 2.32 bits per heavy atom. The molecule has 0 atom stereocenters. The van der Waals surface area contributed by atoms with E-state index in [2.05, 4.69) is 15.5 Å². The fourth-order valence-corrected chi connectivity index (χ4v) is 6.23. The number of nitrogens with one attached hydrogen (secondary N) is 1. The molecule has 0 unspecified atom stereocenters. The van der Waals surface area contributed by atoms with Gasteiger partial charge in [-0.3, -0.25) is 4.79 Å². The minimum Gasteiger partial charge on any atom is -0.493 e. The molecule has 0 fully saturated rings.